The minimum absolute atomic E-state index is 0.136. The van der Waals surface area contributed by atoms with E-state index >= 15 is 0 Å². The van der Waals surface area contributed by atoms with E-state index in [0.717, 1.165) is 5.56 Å². The van der Waals surface area contributed by atoms with E-state index in [1.165, 1.54) is 4.90 Å². The second-order valence-corrected chi connectivity index (χ2v) is 7.11. The lowest BCUT2D eigenvalue weighted by molar-refractivity contribution is -0.133. The Kier molecular flexibility index (Phi) is 7.82. The van der Waals surface area contributed by atoms with Crippen LogP contribution in [-0.2, 0) is 17.9 Å². The molecule has 3 amide bonds. The molecule has 2 aromatic carbocycles. The van der Waals surface area contributed by atoms with Crippen LogP contribution in [0.1, 0.15) is 16.9 Å². The number of hydrogen-bond acceptors (Lipinski definition) is 4. The average molecular weight is 428 g/mol. The second-order valence-electron chi connectivity index (χ2n) is 7.11. The minimum Gasteiger partial charge on any atom is -0.467 e. The lowest BCUT2D eigenvalue weighted by Gasteiger charge is -2.27. The van der Waals surface area contributed by atoms with E-state index in [4.69, 9.17) is 9.68 Å². The third-order valence-corrected chi connectivity index (χ3v) is 4.70. The summed E-state index contributed by atoms with van der Waals surface area (Å²) in [5.41, 5.74) is 1.88. The molecule has 1 aromatic heterocycles. The zero-order valence-corrected chi connectivity index (χ0v) is 17.6. The summed E-state index contributed by atoms with van der Waals surface area (Å²) in [4.78, 5) is 29.0. The largest absolute Gasteiger partial charge is 0.467 e. The summed E-state index contributed by atoms with van der Waals surface area (Å²) < 4.78 is 5.42. The number of nitrogens with zero attached hydrogens (tertiary/aromatic N) is 3. The van der Waals surface area contributed by atoms with Gasteiger partial charge in [0.1, 0.15) is 12.3 Å². The van der Waals surface area contributed by atoms with Gasteiger partial charge in [-0.15, -0.1) is 6.58 Å². The maximum Gasteiger partial charge on any atom is 0.322 e. The van der Waals surface area contributed by atoms with Crippen molar-refractivity contribution in [3.63, 3.8) is 0 Å². The first-order chi connectivity index (χ1) is 15.6. The lowest BCUT2D eigenvalue weighted by Crippen LogP contribution is -2.44. The summed E-state index contributed by atoms with van der Waals surface area (Å²) >= 11 is 0. The van der Waals surface area contributed by atoms with Gasteiger partial charge in [0, 0.05) is 18.8 Å². The molecule has 0 aliphatic heterocycles. The maximum atomic E-state index is 13.2. The van der Waals surface area contributed by atoms with Crippen LogP contribution in [0.5, 0.6) is 0 Å². The number of amides is 3. The second kappa shape index (κ2) is 11.2. The molecule has 0 bridgehead atoms. The minimum atomic E-state index is -0.453. The molecular weight excluding hydrogens is 404 g/mol. The highest BCUT2D eigenvalue weighted by atomic mass is 16.3. The predicted octanol–water partition coefficient (Wildman–Crippen LogP) is 4.40. The average Bonchev–Trinajstić information content (AvgIpc) is 3.32. The molecule has 1 N–H and O–H groups in total. The number of nitrogens with one attached hydrogen (secondary N) is 1. The van der Waals surface area contributed by atoms with Crippen molar-refractivity contribution in [2.45, 2.75) is 13.1 Å². The first kappa shape index (κ1) is 22.4. The van der Waals surface area contributed by atoms with Crippen LogP contribution in [0.3, 0.4) is 0 Å². The summed E-state index contributed by atoms with van der Waals surface area (Å²) in [7, 11) is 0. The SMILES string of the molecule is C=CCN(CC(=O)N(Cc1ccccc1)Cc1ccco1)C(=O)Nc1cccc(C#N)c1. The van der Waals surface area contributed by atoms with Gasteiger partial charge in [0.15, 0.2) is 0 Å². The van der Waals surface area contributed by atoms with E-state index < -0.39 is 6.03 Å². The Morgan fingerprint density at radius 3 is 2.53 bits per heavy atom. The van der Waals surface area contributed by atoms with Crippen molar-refractivity contribution >= 4 is 17.6 Å². The Balaban J connectivity index is 1.73. The summed E-state index contributed by atoms with van der Waals surface area (Å²) in [5.74, 6) is 0.426. The standard InChI is InChI=1S/C25H24N4O3/c1-2-13-28(25(31)27-22-11-6-10-21(15-22)16-26)19-24(30)29(18-23-12-7-14-32-23)17-20-8-4-3-5-9-20/h2-12,14-15H,1,13,17-19H2,(H,27,31). The molecule has 162 valence electrons. The Hall–Kier alpha value is -4.31. The number of nitriles is 1. The number of rotatable bonds is 9. The molecule has 0 radical (unpaired) electrons. The molecule has 0 saturated carbocycles. The smallest absolute Gasteiger partial charge is 0.322 e. The van der Waals surface area contributed by atoms with Gasteiger partial charge in [-0.05, 0) is 35.9 Å². The highest BCUT2D eigenvalue weighted by molar-refractivity contribution is 5.92. The Labute approximate surface area is 187 Å². The van der Waals surface area contributed by atoms with E-state index in [0.29, 0.717) is 23.6 Å². The molecule has 0 atom stereocenters. The lowest BCUT2D eigenvalue weighted by atomic mass is 10.2. The fraction of sp³-hybridized carbons (Fsp3) is 0.160. The quantitative estimate of drug-likeness (QED) is 0.512. The van der Waals surface area contributed by atoms with Gasteiger partial charge in [-0.2, -0.15) is 5.26 Å². The van der Waals surface area contributed by atoms with Gasteiger partial charge in [0.2, 0.25) is 5.91 Å². The normalized spacial score (nSPS) is 10.1. The number of urea groups is 1. The molecule has 0 aliphatic rings. The zero-order chi connectivity index (χ0) is 22.8. The van der Waals surface area contributed by atoms with E-state index in [9.17, 15) is 9.59 Å². The number of carbonyl (C=O) groups excluding carboxylic acids is 2. The van der Waals surface area contributed by atoms with Gasteiger partial charge < -0.3 is 19.5 Å². The molecule has 0 spiro atoms. The highest BCUT2D eigenvalue weighted by Crippen LogP contribution is 2.13. The molecular formula is C25H24N4O3. The Morgan fingerprint density at radius 1 is 1.03 bits per heavy atom. The van der Waals surface area contributed by atoms with Crippen molar-refractivity contribution in [2.24, 2.45) is 0 Å². The van der Waals surface area contributed by atoms with E-state index in [-0.39, 0.29) is 25.5 Å². The van der Waals surface area contributed by atoms with Crippen LogP contribution in [-0.4, -0.2) is 34.8 Å². The maximum absolute atomic E-state index is 13.2. The molecule has 0 unspecified atom stereocenters. The van der Waals surface area contributed by atoms with Gasteiger partial charge in [-0.25, -0.2) is 4.79 Å². The molecule has 7 nitrogen and oxygen atoms in total. The third kappa shape index (κ3) is 6.34. The Morgan fingerprint density at radius 2 is 1.84 bits per heavy atom. The summed E-state index contributed by atoms with van der Waals surface area (Å²) in [6.07, 6.45) is 3.12. The zero-order valence-electron chi connectivity index (χ0n) is 17.6. The number of carbonyl (C=O) groups is 2. The molecule has 7 heteroatoms. The topological polar surface area (TPSA) is 89.6 Å². The molecule has 0 fully saturated rings. The molecule has 3 rings (SSSR count). The van der Waals surface area contributed by atoms with Gasteiger partial charge in [0.25, 0.3) is 0 Å². The van der Waals surface area contributed by atoms with Crippen LogP contribution in [0.4, 0.5) is 10.5 Å². The van der Waals surface area contributed by atoms with E-state index in [1.807, 2.05) is 42.5 Å². The predicted molar refractivity (Wildman–Crippen MR) is 121 cm³/mol. The highest BCUT2D eigenvalue weighted by Gasteiger charge is 2.22. The Bertz CT molecular complexity index is 1090. The molecule has 0 aliphatic carbocycles. The number of hydrogen-bond donors (Lipinski definition) is 1. The fourth-order valence-corrected chi connectivity index (χ4v) is 3.13. The van der Waals surface area contributed by atoms with E-state index in [2.05, 4.69) is 11.9 Å². The van der Waals surface area contributed by atoms with Crippen LogP contribution in [0.15, 0.2) is 90.1 Å². The van der Waals surface area contributed by atoms with Crippen molar-refractivity contribution in [3.8, 4) is 6.07 Å². The van der Waals surface area contributed by atoms with Crippen molar-refractivity contribution in [1.29, 1.82) is 5.26 Å². The third-order valence-electron chi connectivity index (χ3n) is 4.70. The van der Waals surface area contributed by atoms with Crippen molar-refractivity contribution in [2.75, 3.05) is 18.4 Å². The summed E-state index contributed by atoms with van der Waals surface area (Å²) in [5, 5.41) is 11.8. The number of anilines is 1. The van der Waals surface area contributed by atoms with Crippen LogP contribution in [0.2, 0.25) is 0 Å². The summed E-state index contributed by atoms with van der Waals surface area (Å²) in [6, 6.07) is 21.4. The van der Waals surface area contributed by atoms with Crippen LogP contribution >= 0.6 is 0 Å². The van der Waals surface area contributed by atoms with Crippen molar-refractivity contribution in [1.82, 2.24) is 9.80 Å². The first-order valence-electron chi connectivity index (χ1n) is 10.1. The monoisotopic (exact) mass is 428 g/mol. The fourth-order valence-electron chi connectivity index (χ4n) is 3.13. The van der Waals surface area contributed by atoms with Gasteiger partial charge in [-0.3, -0.25) is 4.79 Å². The number of furan rings is 1. The van der Waals surface area contributed by atoms with Crippen molar-refractivity contribution in [3.05, 3.63) is 103 Å². The van der Waals surface area contributed by atoms with Crippen LogP contribution < -0.4 is 5.32 Å². The van der Waals surface area contributed by atoms with E-state index in [1.54, 1.807) is 47.6 Å². The van der Waals surface area contributed by atoms with Gasteiger partial charge in [-0.1, -0.05) is 42.5 Å². The van der Waals surface area contributed by atoms with Gasteiger partial charge in [0.05, 0.1) is 24.4 Å². The first-order valence-corrected chi connectivity index (χ1v) is 10.1. The number of benzene rings is 2. The molecule has 32 heavy (non-hydrogen) atoms. The molecule has 0 saturated heterocycles. The molecule has 3 aromatic rings. The van der Waals surface area contributed by atoms with Crippen LogP contribution in [0.25, 0.3) is 0 Å². The molecule has 1 heterocycles. The summed E-state index contributed by atoms with van der Waals surface area (Å²) in [6.45, 7) is 4.42. The van der Waals surface area contributed by atoms with Crippen molar-refractivity contribution < 1.29 is 14.0 Å². The van der Waals surface area contributed by atoms with Gasteiger partial charge >= 0.3 is 6.03 Å². The van der Waals surface area contributed by atoms with Crippen LogP contribution in [0, 0.1) is 11.3 Å².